The molecule has 1 aliphatic carbocycles. The molecular formula is C21H25FN2O. The number of halogens is 1. The van der Waals surface area contributed by atoms with Gasteiger partial charge >= 0.3 is 0 Å². The van der Waals surface area contributed by atoms with Crippen LogP contribution in [-0.2, 0) is 17.6 Å². The number of aryl methyl sites for hydroxylation is 2. The number of nitrogen functional groups attached to an aromatic ring is 1. The van der Waals surface area contributed by atoms with E-state index in [1.807, 2.05) is 31.2 Å². The van der Waals surface area contributed by atoms with Gasteiger partial charge in [-0.25, -0.2) is 4.39 Å². The molecule has 0 aromatic heterocycles. The number of carbonyl (C=O) groups is 1. The number of nitrogens with one attached hydrogen (secondary N) is 1. The van der Waals surface area contributed by atoms with Crippen LogP contribution in [0.15, 0.2) is 42.5 Å². The Morgan fingerprint density at radius 1 is 1.32 bits per heavy atom. The maximum absolute atomic E-state index is 13.7. The van der Waals surface area contributed by atoms with Gasteiger partial charge in [0.15, 0.2) is 0 Å². The minimum absolute atomic E-state index is 0.0333. The third-order valence-electron chi connectivity index (χ3n) is 5.05. The lowest BCUT2D eigenvalue weighted by Gasteiger charge is -2.28. The van der Waals surface area contributed by atoms with Gasteiger partial charge in [0.05, 0.1) is 6.04 Å². The van der Waals surface area contributed by atoms with Crippen molar-refractivity contribution in [2.75, 3.05) is 5.73 Å². The molecule has 0 aliphatic heterocycles. The normalized spacial score (nSPS) is 17.6. The summed E-state index contributed by atoms with van der Waals surface area (Å²) in [6.45, 7) is 1.91. The number of hydrogen-bond donors (Lipinski definition) is 2. The van der Waals surface area contributed by atoms with Crippen LogP contribution >= 0.6 is 0 Å². The minimum Gasteiger partial charge on any atom is -0.399 e. The van der Waals surface area contributed by atoms with E-state index < -0.39 is 0 Å². The Morgan fingerprint density at radius 2 is 2.12 bits per heavy atom. The smallest absolute Gasteiger partial charge is 0.223 e. The van der Waals surface area contributed by atoms with E-state index in [4.69, 9.17) is 5.73 Å². The lowest BCUT2D eigenvalue weighted by atomic mass is 9.87. The number of anilines is 1. The Hall–Kier alpha value is -2.36. The first-order valence-corrected chi connectivity index (χ1v) is 8.96. The summed E-state index contributed by atoms with van der Waals surface area (Å²) in [6.07, 6.45) is 4.20. The summed E-state index contributed by atoms with van der Waals surface area (Å²) < 4.78 is 13.7. The average molecular weight is 340 g/mol. The van der Waals surface area contributed by atoms with Gasteiger partial charge in [-0.3, -0.25) is 4.79 Å². The van der Waals surface area contributed by atoms with Crippen LogP contribution in [0.1, 0.15) is 48.9 Å². The van der Waals surface area contributed by atoms with E-state index in [0.717, 1.165) is 24.9 Å². The molecule has 3 nitrogen and oxygen atoms in total. The van der Waals surface area contributed by atoms with Crippen molar-refractivity contribution in [3.63, 3.8) is 0 Å². The zero-order valence-electron chi connectivity index (χ0n) is 14.6. The van der Waals surface area contributed by atoms with Gasteiger partial charge < -0.3 is 11.1 Å². The predicted molar refractivity (Wildman–Crippen MR) is 98.6 cm³/mol. The largest absolute Gasteiger partial charge is 0.399 e. The first kappa shape index (κ1) is 17.5. The highest BCUT2D eigenvalue weighted by Gasteiger charge is 2.24. The molecule has 2 atom stereocenters. The number of benzene rings is 2. The van der Waals surface area contributed by atoms with E-state index in [0.29, 0.717) is 18.4 Å². The second kappa shape index (κ2) is 7.68. The van der Waals surface area contributed by atoms with Crippen LogP contribution in [0.3, 0.4) is 0 Å². The van der Waals surface area contributed by atoms with Crippen molar-refractivity contribution in [3.05, 3.63) is 65.0 Å². The van der Waals surface area contributed by atoms with Gasteiger partial charge in [-0.15, -0.1) is 0 Å². The molecule has 3 rings (SSSR count). The molecule has 2 aromatic carbocycles. The lowest BCUT2D eigenvalue weighted by Crippen LogP contribution is -2.34. The molecule has 1 amide bonds. The predicted octanol–water partition coefficient (Wildman–Crippen LogP) is 4.17. The molecule has 0 bridgehead atoms. The van der Waals surface area contributed by atoms with Crippen molar-refractivity contribution in [2.45, 2.75) is 45.1 Å². The van der Waals surface area contributed by atoms with E-state index in [1.54, 1.807) is 12.1 Å². The van der Waals surface area contributed by atoms with E-state index in [2.05, 4.69) is 5.32 Å². The number of fused-ring (bicyclic) bond motifs is 1. The molecule has 132 valence electrons. The third kappa shape index (κ3) is 4.19. The SMILES string of the molecule is CC(CCc1ccccc1F)C(=O)NC1CCCc2cc(N)ccc21. The summed E-state index contributed by atoms with van der Waals surface area (Å²) in [7, 11) is 0. The minimum atomic E-state index is -0.200. The van der Waals surface area contributed by atoms with E-state index in [9.17, 15) is 9.18 Å². The Balaban J connectivity index is 1.60. The molecule has 2 aromatic rings. The fourth-order valence-corrected chi connectivity index (χ4v) is 3.50. The van der Waals surface area contributed by atoms with Crippen LogP contribution in [0.5, 0.6) is 0 Å². The molecule has 4 heteroatoms. The van der Waals surface area contributed by atoms with Gasteiger partial charge in [0, 0.05) is 11.6 Å². The molecule has 3 N–H and O–H groups in total. The van der Waals surface area contributed by atoms with E-state index >= 15 is 0 Å². The van der Waals surface area contributed by atoms with Crippen molar-refractivity contribution >= 4 is 11.6 Å². The van der Waals surface area contributed by atoms with Crippen molar-refractivity contribution in [1.29, 1.82) is 0 Å². The molecule has 1 aliphatic rings. The summed E-state index contributed by atoms with van der Waals surface area (Å²) in [5.74, 6) is -0.321. The summed E-state index contributed by atoms with van der Waals surface area (Å²) in [4.78, 5) is 12.6. The van der Waals surface area contributed by atoms with Crippen LogP contribution in [0.4, 0.5) is 10.1 Å². The summed E-state index contributed by atoms with van der Waals surface area (Å²) in [5, 5.41) is 3.17. The van der Waals surface area contributed by atoms with Crippen LogP contribution in [0, 0.1) is 11.7 Å². The Labute approximate surface area is 148 Å². The zero-order valence-corrected chi connectivity index (χ0v) is 14.6. The standard InChI is InChI=1S/C21H25FN2O/c1-14(9-10-15-5-2-3-7-19(15)22)21(25)24-20-8-4-6-16-13-17(23)11-12-18(16)20/h2-3,5,7,11-14,20H,4,6,8-10,23H2,1H3,(H,24,25). The van der Waals surface area contributed by atoms with Gasteiger partial charge in [0.2, 0.25) is 5.91 Å². The molecule has 0 radical (unpaired) electrons. The fourth-order valence-electron chi connectivity index (χ4n) is 3.50. The summed E-state index contributed by atoms with van der Waals surface area (Å²) in [6, 6.07) is 12.7. The monoisotopic (exact) mass is 340 g/mol. The van der Waals surface area contributed by atoms with Crippen LogP contribution in [0.2, 0.25) is 0 Å². The van der Waals surface area contributed by atoms with Crippen molar-refractivity contribution < 1.29 is 9.18 Å². The second-order valence-corrected chi connectivity index (χ2v) is 6.94. The molecular weight excluding hydrogens is 315 g/mol. The average Bonchev–Trinajstić information content (AvgIpc) is 2.60. The molecule has 0 spiro atoms. The molecule has 0 saturated heterocycles. The van der Waals surface area contributed by atoms with E-state index in [-0.39, 0.29) is 23.7 Å². The van der Waals surface area contributed by atoms with Gasteiger partial charge in [-0.2, -0.15) is 0 Å². The summed E-state index contributed by atoms with van der Waals surface area (Å²) in [5.41, 5.74) is 9.71. The Morgan fingerprint density at radius 3 is 2.92 bits per heavy atom. The maximum Gasteiger partial charge on any atom is 0.223 e. The quantitative estimate of drug-likeness (QED) is 0.803. The van der Waals surface area contributed by atoms with Crippen LogP contribution in [0.25, 0.3) is 0 Å². The zero-order chi connectivity index (χ0) is 17.8. The number of carbonyl (C=O) groups excluding carboxylic acids is 1. The Kier molecular flexibility index (Phi) is 5.37. The fraction of sp³-hybridized carbons (Fsp3) is 0.381. The Bertz CT molecular complexity index is 759. The van der Waals surface area contributed by atoms with Crippen molar-refractivity contribution in [1.82, 2.24) is 5.32 Å². The topological polar surface area (TPSA) is 55.1 Å². The summed E-state index contributed by atoms with van der Waals surface area (Å²) >= 11 is 0. The number of amides is 1. The van der Waals surface area contributed by atoms with E-state index in [1.165, 1.54) is 17.2 Å². The van der Waals surface area contributed by atoms with Gasteiger partial charge in [0.25, 0.3) is 0 Å². The van der Waals surface area contributed by atoms with Crippen LogP contribution in [-0.4, -0.2) is 5.91 Å². The third-order valence-corrected chi connectivity index (χ3v) is 5.05. The van der Waals surface area contributed by atoms with Crippen molar-refractivity contribution in [2.24, 2.45) is 5.92 Å². The maximum atomic E-state index is 13.7. The number of nitrogens with two attached hydrogens (primary N) is 1. The van der Waals surface area contributed by atoms with Crippen molar-refractivity contribution in [3.8, 4) is 0 Å². The highest BCUT2D eigenvalue weighted by Crippen LogP contribution is 2.31. The number of rotatable bonds is 5. The first-order valence-electron chi connectivity index (χ1n) is 8.96. The molecule has 0 saturated carbocycles. The lowest BCUT2D eigenvalue weighted by molar-refractivity contribution is -0.125. The molecule has 25 heavy (non-hydrogen) atoms. The molecule has 0 fully saturated rings. The second-order valence-electron chi connectivity index (χ2n) is 6.94. The highest BCUT2D eigenvalue weighted by molar-refractivity contribution is 5.79. The first-order chi connectivity index (χ1) is 12.0. The highest BCUT2D eigenvalue weighted by atomic mass is 19.1. The van der Waals surface area contributed by atoms with Gasteiger partial charge in [0.1, 0.15) is 5.82 Å². The van der Waals surface area contributed by atoms with Crippen LogP contribution < -0.4 is 11.1 Å². The number of hydrogen-bond acceptors (Lipinski definition) is 2. The van der Waals surface area contributed by atoms with Gasteiger partial charge in [-0.05, 0) is 67.0 Å². The molecule has 0 heterocycles. The molecule has 2 unspecified atom stereocenters. The van der Waals surface area contributed by atoms with Gasteiger partial charge in [-0.1, -0.05) is 31.2 Å².